The number of carbonyl (C=O) groups is 2. The summed E-state index contributed by atoms with van der Waals surface area (Å²) in [6, 6.07) is 11.3. The van der Waals surface area contributed by atoms with E-state index in [1.165, 1.54) is 28.1 Å². The molecule has 0 spiro atoms. The number of hydrogen-bond acceptors (Lipinski definition) is 4. The van der Waals surface area contributed by atoms with Gasteiger partial charge in [0.1, 0.15) is 5.69 Å². The van der Waals surface area contributed by atoms with Crippen molar-refractivity contribution in [3.8, 4) is 0 Å². The van der Waals surface area contributed by atoms with Crippen LogP contribution in [0, 0.1) is 13.8 Å². The highest BCUT2D eigenvalue weighted by Gasteiger charge is 2.13. The summed E-state index contributed by atoms with van der Waals surface area (Å²) < 4.78 is 3.14. The number of amides is 1. The first-order valence-electron chi connectivity index (χ1n) is 8.58. The highest BCUT2D eigenvalue weighted by Crippen LogP contribution is 2.14. The van der Waals surface area contributed by atoms with Crippen LogP contribution in [0.4, 0.5) is 5.82 Å². The molecule has 0 aliphatic carbocycles. The summed E-state index contributed by atoms with van der Waals surface area (Å²) >= 11 is 0. The molecule has 0 atom stereocenters. The molecule has 2 aromatic heterocycles. The largest absolute Gasteiger partial charge is 0.477 e. The number of benzene rings is 1. The van der Waals surface area contributed by atoms with Crippen molar-refractivity contribution in [1.82, 2.24) is 19.6 Å². The topological polar surface area (TPSA) is 102 Å². The Labute approximate surface area is 156 Å². The number of nitrogens with zero attached hydrogens (tertiary/aromatic N) is 4. The highest BCUT2D eigenvalue weighted by atomic mass is 16.4. The number of aryl methyl sites for hydroxylation is 3. The van der Waals surface area contributed by atoms with E-state index in [4.69, 9.17) is 5.11 Å². The lowest BCUT2D eigenvalue weighted by Gasteiger charge is -2.07. The molecular weight excluding hydrogens is 346 g/mol. The summed E-state index contributed by atoms with van der Waals surface area (Å²) in [5.41, 5.74) is 3.35. The fourth-order valence-corrected chi connectivity index (χ4v) is 2.79. The Morgan fingerprint density at radius 2 is 1.93 bits per heavy atom. The van der Waals surface area contributed by atoms with Gasteiger partial charge in [-0.05, 0) is 31.0 Å². The second kappa shape index (κ2) is 7.86. The van der Waals surface area contributed by atoms with Crippen molar-refractivity contribution in [1.29, 1.82) is 0 Å². The van der Waals surface area contributed by atoms with Crippen LogP contribution >= 0.6 is 0 Å². The lowest BCUT2D eigenvalue weighted by Crippen LogP contribution is -2.18. The first-order chi connectivity index (χ1) is 12.9. The molecule has 2 N–H and O–H groups in total. The number of nitrogens with one attached hydrogen (secondary N) is 1. The summed E-state index contributed by atoms with van der Waals surface area (Å²) in [5.74, 6) is -0.842. The Morgan fingerprint density at radius 3 is 2.67 bits per heavy atom. The third-order valence-corrected chi connectivity index (χ3v) is 4.32. The van der Waals surface area contributed by atoms with Gasteiger partial charge >= 0.3 is 5.97 Å². The maximum atomic E-state index is 12.2. The molecule has 2 heterocycles. The molecule has 3 aromatic rings. The number of carboxylic acid groups (broad SMARTS) is 1. The lowest BCUT2D eigenvalue weighted by atomic mass is 10.1. The average molecular weight is 367 g/mol. The normalized spacial score (nSPS) is 10.7. The van der Waals surface area contributed by atoms with E-state index >= 15 is 0 Å². The van der Waals surface area contributed by atoms with Crippen LogP contribution in [0.2, 0.25) is 0 Å². The molecule has 8 nitrogen and oxygen atoms in total. The van der Waals surface area contributed by atoms with Gasteiger partial charge in [-0.25, -0.2) is 4.79 Å². The Kier molecular flexibility index (Phi) is 5.35. The van der Waals surface area contributed by atoms with Crippen LogP contribution in [0.25, 0.3) is 0 Å². The second-order valence-corrected chi connectivity index (χ2v) is 6.30. The number of hydrogen-bond donors (Lipinski definition) is 2. The van der Waals surface area contributed by atoms with E-state index in [9.17, 15) is 9.59 Å². The fourth-order valence-electron chi connectivity index (χ4n) is 2.79. The molecule has 1 aromatic carbocycles. The van der Waals surface area contributed by atoms with Gasteiger partial charge in [-0.1, -0.05) is 24.3 Å². The molecule has 0 unspecified atom stereocenters. The van der Waals surface area contributed by atoms with Gasteiger partial charge in [0.15, 0.2) is 5.82 Å². The Hall–Kier alpha value is -3.42. The molecule has 27 heavy (non-hydrogen) atoms. The first-order valence-corrected chi connectivity index (χ1v) is 8.58. The van der Waals surface area contributed by atoms with E-state index in [-0.39, 0.29) is 24.6 Å². The summed E-state index contributed by atoms with van der Waals surface area (Å²) in [7, 11) is 0. The minimum Gasteiger partial charge on any atom is -0.477 e. The van der Waals surface area contributed by atoms with Crippen molar-refractivity contribution in [3.05, 3.63) is 65.1 Å². The van der Waals surface area contributed by atoms with Crippen molar-refractivity contribution in [2.45, 2.75) is 33.4 Å². The monoisotopic (exact) mass is 367 g/mol. The van der Waals surface area contributed by atoms with Gasteiger partial charge in [-0.2, -0.15) is 10.2 Å². The molecule has 1 amide bonds. The van der Waals surface area contributed by atoms with E-state index in [1.807, 2.05) is 29.8 Å². The van der Waals surface area contributed by atoms with Crippen molar-refractivity contribution >= 4 is 17.7 Å². The summed E-state index contributed by atoms with van der Waals surface area (Å²) in [5, 5.41) is 20.2. The van der Waals surface area contributed by atoms with Crippen molar-refractivity contribution < 1.29 is 14.7 Å². The predicted molar refractivity (Wildman–Crippen MR) is 99.7 cm³/mol. The number of aromatic nitrogens is 4. The molecule has 0 bridgehead atoms. The maximum Gasteiger partial charge on any atom is 0.354 e. The zero-order valence-electron chi connectivity index (χ0n) is 15.2. The minimum absolute atomic E-state index is 0.0566. The van der Waals surface area contributed by atoms with Crippen LogP contribution < -0.4 is 5.32 Å². The Morgan fingerprint density at radius 1 is 1.15 bits per heavy atom. The van der Waals surface area contributed by atoms with Gasteiger partial charge in [0.05, 0.1) is 13.1 Å². The van der Waals surface area contributed by atoms with Crippen LogP contribution in [-0.4, -0.2) is 36.5 Å². The van der Waals surface area contributed by atoms with Gasteiger partial charge in [0, 0.05) is 24.4 Å². The molecule has 3 rings (SSSR count). The van der Waals surface area contributed by atoms with Gasteiger partial charge in [-0.15, -0.1) is 0 Å². The van der Waals surface area contributed by atoms with Gasteiger partial charge in [0.2, 0.25) is 5.91 Å². The number of anilines is 1. The first kappa shape index (κ1) is 18.4. The van der Waals surface area contributed by atoms with Crippen LogP contribution in [-0.2, 0) is 17.9 Å². The van der Waals surface area contributed by atoms with Crippen molar-refractivity contribution in [2.24, 2.45) is 0 Å². The van der Waals surface area contributed by atoms with Gasteiger partial charge in [-0.3, -0.25) is 14.2 Å². The third-order valence-electron chi connectivity index (χ3n) is 4.32. The second-order valence-electron chi connectivity index (χ2n) is 6.30. The number of carboxylic acids is 1. The van der Waals surface area contributed by atoms with Gasteiger partial charge < -0.3 is 10.4 Å². The van der Waals surface area contributed by atoms with Crippen LogP contribution in [0.15, 0.2) is 42.6 Å². The number of aromatic carboxylic acids is 1. The quantitative estimate of drug-likeness (QED) is 0.668. The van der Waals surface area contributed by atoms with Crippen LogP contribution in [0.3, 0.4) is 0 Å². The maximum absolute atomic E-state index is 12.2. The molecule has 0 saturated carbocycles. The van der Waals surface area contributed by atoms with Crippen molar-refractivity contribution in [2.75, 3.05) is 5.32 Å². The van der Waals surface area contributed by atoms with Crippen LogP contribution in [0.1, 0.15) is 33.7 Å². The van der Waals surface area contributed by atoms with Crippen LogP contribution in [0.5, 0.6) is 0 Å². The number of carbonyl (C=O) groups excluding carboxylic acids is 1. The molecule has 0 aliphatic heterocycles. The molecule has 0 aliphatic rings. The molecule has 140 valence electrons. The Balaban J connectivity index is 1.61. The zero-order valence-corrected chi connectivity index (χ0v) is 15.2. The van der Waals surface area contributed by atoms with Gasteiger partial charge in [0.25, 0.3) is 0 Å². The predicted octanol–water partition coefficient (Wildman–Crippen LogP) is 2.47. The average Bonchev–Trinajstić information content (AvgIpc) is 3.22. The SMILES string of the molecule is Cc1ccccc1Cn1nc(NC(=O)CCn2nccc2C(=O)O)cc1C. The fraction of sp³-hybridized carbons (Fsp3) is 0.263. The zero-order chi connectivity index (χ0) is 19.4. The Bertz CT molecular complexity index is 973. The summed E-state index contributed by atoms with van der Waals surface area (Å²) in [4.78, 5) is 23.2. The minimum atomic E-state index is -1.07. The van der Waals surface area contributed by atoms with E-state index in [1.54, 1.807) is 0 Å². The molecular formula is C19H21N5O3. The van der Waals surface area contributed by atoms with E-state index in [0.29, 0.717) is 12.4 Å². The van der Waals surface area contributed by atoms with E-state index in [0.717, 1.165) is 5.69 Å². The standard InChI is InChI=1S/C19H21N5O3/c1-13-5-3-4-6-15(13)12-24-14(2)11-17(22-24)21-18(25)8-10-23-16(19(26)27)7-9-20-23/h3-7,9,11H,8,10,12H2,1-2H3,(H,26,27)(H,21,22,25). The smallest absolute Gasteiger partial charge is 0.354 e. The van der Waals surface area contributed by atoms with E-state index in [2.05, 4.69) is 34.6 Å². The molecule has 0 saturated heterocycles. The summed E-state index contributed by atoms with van der Waals surface area (Å²) in [6.45, 7) is 4.80. The molecule has 0 radical (unpaired) electrons. The molecule has 0 fully saturated rings. The number of rotatable bonds is 7. The lowest BCUT2D eigenvalue weighted by molar-refractivity contribution is -0.116. The van der Waals surface area contributed by atoms with Crippen molar-refractivity contribution in [3.63, 3.8) is 0 Å². The van der Waals surface area contributed by atoms with E-state index < -0.39 is 5.97 Å². The third kappa shape index (κ3) is 4.41. The summed E-state index contributed by atoms with van der Waals surface area (Å²) in [6.07, 6.45) is 1.50. The molecule has 8 heteroatoms. The highest BCUT2D eigenvalue weighted by molar-refractivity contribution is 5.90.